The first kappa shape index (κ1) is 13.8. The number of aromatic nitrogens is 2. The number of imidazole rings is 1. The molecule has 2 fully saturated rings. The molecule has 1 N–H and O–H groups in total. The van der Waals surface area contributed by atoms with Crippen molar-refractivity contribution in [2.45, 2.75) is 51.2 Å². The van der Waals surface area contributed by atoms with Crippen molar-refractivity contribution < 1.29 is 9.59 Å². The van der Waals surface area contributed by atoms with Crippen LogP contribution in [0, 0.1) is 11.8 Å². The molecule has 2 saturated carbocycles. The van der Waals surface area contributed by atoms with Crippen LogP contribution in [0.4, 0.5) is 0 Å². The van der Waals surface area contributed by atoms with Crippen molar-refractivity contribution in [1.82, 2.24) is 19.8 Å². The molecule has 22 heavy (non-hydrogen) atoms. The van der Waals surface area contributed by atoms with Crippen LogP contribution in [-0.4, -0.2) is 38.9 Å². The van der Waals surface area contributed by atoms with Crippen LogP contribution in [0.25, 0.3) is 0 Å². The summed E-state index contributed by atoms with van der Waals surface area (Å²) in [6.07, 6.45) is 7.78. The molecule has 1 aromatic heterocycles. The van der Waals surface area contributed by atoms with E-state index in [0.29, 0.717) is 25.0 Å². The largest absolute Gasteiger partial charge is 0.352 e. The zero-order chi connectivity index (χ0) is 15.3. The second kappa shape index (κ2) is 5.11. The highest BCUT2D eigenvalue weighted by Crippen LogP contribution is 2.40. The third-order valence-corrected chi connectivity index (χ3v) is 5.32. The van der Waals surface area contributed by atoms with Gasteiger partial charge in [-0.3, -0.25) is 9.59 Å². The molecule has 6 heteroatoms. The summed E-state index contributed by atoms with van der Waals surface area (Å²) >= 11 is 0. The first-order valence-electron chi connectivity index (χ1n) is 8.23. The van der Waals surface area contributed by atoms with E-state index >= 15 is 0 Å². The van der Waals surface area contributed by atoms with Gasteiger partial charge in [0.15, 0.2) is 0 Å². The Kier molecular flexibility index (Phi) is 3.20. The van der Waals surface area contributed by atoms with E-state index in [0.717, 1.165) is 25.0 Å². The molecule has 0 spiro atoms. The molecule has 0 saturated heterocycles. The summed E-state index contributed by atoms with van der Waals surface area (Å²) in [6, 6.07) is -0.0288. The fraction of sp³-hybridized carbons (Fsp3) is 0.688. The Morgan fingerprint density at radius 1 is 1.36 bits per heavy atom. The fourth-order valence-electron chi connectivity index (χ4n) is 3.42. The number of hydrogen-bond acceptors (Lipinski definition) is 3. The summed E-state index contributed by atoms with van der Waals surface area (Å²) < 4.78 is 1.92. The Bertz CT molecular complexity index is 607. The number of carbonyl (C=O) groups is 2. The van der Waals surface area contributed by atoms with Crippen LogP contribution in [-0.2, 0) is 16.1 Å². The second-order valence-corrected chi connectivity index (χ2v) is 6.98. The summed E-state index contributed by atoms with van der Waals surface area (Å²) in [5.74, 6) is 0.859. The number of fused-ring (bicyclic) bond motifs is 1. The number of rotatable bonds is 3. The Labute approximate surface area is 129 Å². The number of hydrogen-bond donors (Lipinski definition) is 1. The maximum absolute atomic E-state index is 12.6. The Morgan fingerprint density at radius 3 is 2.77 bits per heavy atom. The molecule has 2 aliphatic carbocycles. The van der Waals surface area contributed by atoms with Gasteiger partial charge < -0.3 is 14.8 Å². The van der Waals surface area contributed by atoms with Gasteiger partial charge in [0.25, 0.3) is 0 Å². The van der Waals surface area contributed by atoms with Crippen LogP contribution in [0.15, 0.2) is 12.5 Å². The smallest absolute Gasteiger partial charge is 0.245 e. The summed E-state index contributed by atoms with van der Waals surface area (Å²) in [6.45, 7) is 3.14. The number of carbonyl (C=O) groups excluding carboxylic acids is 2. The number of nitrogens with one attached hydrogen (secondary N) is 1. The molecule has 3 atom stereocenters. The number of nitrogens with zero attached hydrogens (tertiary/aromatic N) is 3. The minimum atomic E-state index is -0.343. The highest BCUT2D eigenvalue weighted by Gasteiger charge is 2.44. The highest BCUT2D eigenvalue weighted by atomic mass is 16.2. The van der Waals surface area contributed by atoms with E-state index in [1.54, 1.807) is 12.5 Å². The minimum Gasteiger partial charge on any atom is -0.352 e. The zero-order valence-electron chi connectivity index (χ0n) is 12.9. The van der Waals surface area contributed by atoms with Crippen LogP contribution in [0.5, 0.6) is 0 Å². The first-order valence-corrected chi connectivity index (χ1v) is 8.23. The lowest BCUT2D eigenvalue weighted by atomic mass is 9.93. The van der Waals surface area contributed by atoms with Crippen molar-refractivity contribution in [2.24, 2.45) is 11.8 Å². The second-order valence-electron chi connectivity index (χ2n) is 6.98. The topological polar surface area (TPSA) is 67.2 Å². The van der Waals surface area contributed by atoms with Gasteiger partial charge in [0.1, 0.15) is 6.04 Å². The normalized spacial score (nSPS) is 30.4. The van der Waals surface area contributed by atoms with Gasteiger partial charge in [-0.05, 0) is 31.6 Å². The van der Waals surface area contributed by atoms with E-state index in [1.807, 2.05) is 9.47 Å². The average molecular weight is 302 g/mol. The SMILES string of the molecule is C[C@@H]1C[C@@H]1C(=O)N1Cc2cncn2[C@@H](C(=O)NC2CCC2)C1. The van der Waals surface area contributed by atoms with E-state index in [-0.39, 0.29) is 23.8 Å². The van der Waals surface area contributed by atoms with Gasteiger partial charge >= 0.3 is 0 Å². The van der Waals surface area contributed by atoms with Gasteiger partial charge in [-0.2, -0.15) is 0 Å². The predicted molar refractivity (Wildman–Crippen MR) is 79.7 cm³/mol. The van der Waals surface area contributed by atoms with Crippen LogP contribution in [0.2, 0.25) is 0 Å². The molecule has 0 aromatic carbocycles. The predicted octanol–water partition coefficient (Wildman–Crippen LogP) is 1.09. The average Bonchev–Trinajstić information content (AvgIpc) is 3.00. The molecule has 118 valence electrons. The van der Waals surface area contributed by atoms with Crippen molar-refractivity contribution >= 4 is 11.8 Å². The lowest BCUT2D eigenvalue weighted by molar-refractivity contribution is -0.137. The quantitative estimate of drug-likeness (QED) is 0.909. The highest BCUT2D eigenvalue weighted by molar-refractivity contribution is 5.85. The molecule has 1 aliphatic heterocycles. The molecule has 0 radical (unpaired) electrons. The molecule has 2 amide bonds. The summed E-state index contributed by atoms with van der Waals surface area (Å²) in [4.78, 5) is 31.1. The van der Waals surface area contributed by atoms with Crippen molar-refractivity contribution in [2.75, 3.05) is 6.54 Å². The van der Waals surface area contributed by atoms with E-state index in [2.05, 4.69) is 17.2 Å². The van der Waals surface area contributed by atoms with Crippen LogP contribution in [0.3, 0.4) is 0 Å². The summed E-state index contributed by atoms with van der Waals surface area (Å²) in [5.41, 5.74) is 0.946. The van der Waals surface area contributed by atoms with E-state index in [9.17, 15) is 9.59 Å². The molecule has 4 rings (SSSR count). The lowest BCUT2D eigenvalue weighted by Crippen LogP contribution is -2.50. The van der Waals surface area contributed by atoms with Crippen molar-refractivity contribution in [3.8, 4) is 0 Å². The van der Waals surface area contributed by atoms with E-state index < -0.39 is 0 Å². The molecule has 1 aromatic rings. The van der Waals surface area contributed by atoms with Gasteiger partial charge in [0.2, 0.25) is 11.8 Å². The van der Waals surface area contributed by atoms with Gasteiger partial charge in [-0.1, -0.05) is 6.92 Å². The third kappa shape index (κ3) is 2.30. The zero-order valence-corrected chi connectivity index (χ0v) is 12.9. The van der Waals surface area contributed by atoms with Crippen LogP contribution >= 0.6 is 0 Å². The van der Waals surface area contributed by atoms with Crippen molar-refractivity contribution in [3.05, 3.63) is 18.2 Å². The van der Waals surface area contributed by atoms with Gasteiger partial charge in [-0.25, -0.2) is 4.98 Å². The van der Waals surface area contributed by atoms with E-state index in [4.69, 9.17) is 0 Å². The van der Waals surface area contributed by atoms with Crippen molar-refractivity contribution in [1.29, 1.82) is 0 Å². The fourth-order valence-corrected chi connectivity index (χ4v) is 3.42. The Balaban J connectivity index is 1.52. The van der Waals surface area contributed by atoms with Gasteiger partial charge in [0, 0.05) is 18.2 Å². The summed E-state index contributed by atoms with van der Waals surface area (Å²) in [5, 5.41) is 3.10. The van der Waals surface area contributed by atoms with E-state index in [1.165, 1.54) is 6.42 Å². The van der Waals surface area contributed by atoms with Crippen molar-refractivity contribution in [3.63, 3.8) is 0 Å². The van der Waals surface area contributed by atoms with Crippen LogP contribution in [0.1, 0.15) is 44.3 Å². The molecular formula is C16H22N4O2. The summed E-state index contributed by atoms with van der Waals surface area (Å²) in [7, 11) is 0. The molecule has 2 heterocycles. The van der Waals surface area contributed by atoms with Crippen LogP contribution < -0.4 is 5.32 Å². The standard InChI is InChI=1S/C16H22N4O2/c1-10-5-13(10)16(22)19-7-12-6-17-9-20(12)14(8-19)15(21)18-11-3-2-4-11/h6,9-11,13-14H,2-5,7-8H2,1H3,(H,18,21)/t10-,13+,14-/m1/s1. The Morgan fingerprint density at radius 2 is 2.14 bits per heavy atom. The van der Waals surface area contributed by atoms with Gasteiger partial charge in [0.05, 0.1) is 25.1 Å². The number of amides is 2. The molecule has 3 aliphatic rings. The molecular weight excluding hydrogens is 280 g/mol. The third-order valence-electron chi connectivity index (χ3n) is 5.32. The lowest BCUT2D eigenvalue weighted by Gasteiger charge is -2.36. The molecule has 6 nitrogen and oxygen atoms in total. The minimum absolute atomic E-state index is 0.0188. The monoisotopic (exact) mass is 302 g/mol. The molecule has 0 unspecified atom stereocenters. The first-order chi connectivity index (χ1) is 10.6. The maximum Gasteiger partial charge on any atom is 0.245 e. The maximum atomic E-state index is 12.6. The molecule has 0 bridgehead atoms. The van der Waals surface area contributed by atoms with Gasteiger partial charge in [-0.15, -0.1) is 0 Å². The Hall–Kier alpha value is -1.85.